The third-order valence-corrected chi connectivity index (χ3v) is 4.23. The minimum absolute atomic E-state index is 0.0398. The van der Waals surface area contributed by atoms with Gasteiger partial charge in [0, 0.05) is 32.0 Å². The van der Waals surface area contributed by atoms with Gasteiger partial charge in [0.15, 0.2) is 11.5 Å². The number of urea groups is 1. The maximum atomic E-state index is 12.4. The zero-order chi connectivity index (χ0) is 18.8. The molecule has 1 aromatic heterocycles. The molecule has 1 aromatic carbocycles. The Hall–Kier alpha value is -2.76. The first-order valence-electron chi connectivity index (χ1n) is 8.80. The van der Waals surface area contributed by atoms with Gasteiger partial charge in [0.2, 0.25) is 0 Å². The van der Waals surface area contributed by atoms with E-state index in [0.717, 1.165) is 18.4 Å². The first-order chi connectivity index (χ1) is 12.7. The number of aromatic nitrogens is 1. The van der Waals surface area contributed by atoms with E-state index in [-0.39, 0.29) is 6.03 Å². The minimum atomic E-state index is -0.0398. The molecule has 0 aliphatic carbocycles. The standard InChI is InChI=1S/C20H27N3O3/c1-4-23(14-10-16-7-11-21-12-8-16)20(24)22-13-9-17-5-6-18(25-2)19(15-17)26-3/h5-8,11-12,15H,4,9-10,13-14H2,1-3H3,(H,22,24). The van der Waals surface area contributed by atoms with E-state index in [0.29, 0.717) is 31.1 Å². The highest BCUT2D eigenvalue weighted by atomic mass is 16.5. The van der Waals surface area contributed by atoms with Crippen molar-refractivity contribution in [1.29, 1.82) is 0 Å². The Kier molecular flexibility index (Phi) is 7.74. The largest absolute Gasteiger partial charge is 0.493 e. The van der Waals surface area contributed by atoms with E-state index in [1.807, 2.05) is 42.2 Å². The topological polar surface area (TPSA) is 63.7 Å². The molecular weight excluding hydrogens is 330 g/mol. The van der Waals surface area contributed by atoms with E-state index >= 15 is 0 Å². The lowest BCUT2D eigenvalue weighted by Gasteiger charge is -2.21. The molecule has 1 N–H and O–H groups in total. The number of pyridine rings is 1. The number of nitrogens with one attached hydrogen (secondary N) is 1. The lowest BCUT2D eigenvalue weighted by atomic mass is 10.1. The summed E-state index contributed by atoms with van der Waals surface area (Å²) in [4.78, 5) is 18.2. The van der Waals surface area contributed by atoms with Crippen molar-refractivity contribution < 1.29 is 14.3 Å². The second kappa shape index (κ2) is 10.3. The van der Waals surface area contributed by atoms with Gasteiger partial charge >= 0.3 is 6.03 Å². The van der Waals surface area contributed by atoms with Gasteiger partial charge in [0.05, 0.1) is 14.2 Å². The molecule has 0 atom stereocenters. The maximum Gasteiger partial charge on any atom is 0.317 e. The van der Waals surface area contributed by atoms with Crippen molar-refractivity contribution in [1.82, 2.24) is 15.2 Å². The van der Waals surface area contributed by atoms with Gasteiger partial charge in [0.25, 0.3) is 0 Å². The van der Waals surface area contributed by atoms with E-state index in [1.54, 1.807) is 26.6 Å². The summed E-state index contributed by atoms with van der Waals surface area (Å²) < 4.78 is 10.5. The Morgan fingerprint density at radius 2 is 1.77 bits per heavy atom. The van der Waals surface area contributed by atoms with Crippen molar-refractivity contribution in [2.75, 3.05) is 33.9 Å². The van der Waals surface area contributed by atoms with Gasteiger partial charge in [-0.25, -0.2) is 4.79 Å². The second-order valence-electron chi connectivity index (χ2n) is 5.86. The maximum absolute atomic E-state index is 12.4. The van der Waals surface area contributed by atoms with Crippen LogP contribution in [-0.4, -0.2) is 49.8 Å². The van der Waals surface area contributed by atoms with Gasteiger partial charge in [0.1, 0.15) is 0 Å². The normalized spacial score (nSPS) is 10.3. The van der Waals surface area contributed by atoms with Crippen LogP contribution in [0.25, 0.3) is 0 Å². The van der Waals surface area contributed by atoms with Crippen molar-refractivity contribution in [3.05, 3.63) is 53.9 Å². The van der Waals surface area contributed by atoms with Crippen molar-refractivity contribution in [3.63, 3.8) is 0 Å². The van der Waals surface area contributed by atoms with Crippen molar-refractivity contribution in [2.45, 2.75) is 19.8 Å². The number of carbonyl (C=O) groups is 1. The summed E-state index contributed by atoms with van der Waals surface area (Å²) in [6.45, 7) is 3.91. The van der Waals surface area contributed by atoms with E-state index in [4.69, 9.17) is 9.47 Å². The second-order valence-corrected chi connectivity index (χ2v) is 5.86. The molecule has 0 bridgehead atoms. The molecular formula is C20H27N3O3. The molecule has 0 unspecified atom stereocenters. The van der Waals surface area contributed by atoms with E-state index in [2.05, 4.69) is 10.3 Å². The summed E-state index contributed by atoms with van der Waals surface area (Å²) in [5, 5.41) is 2.99. The monoisotopic (exact) mass is 357 g/mol. The summed E-state index contributed by atoms with van der Waals surface area (Å²) in [5.74, 6) is 1.40. The number of ether oxygens (including phenoxy) is 2. The van der Waals surface area contributed by atoms with Crippen LogP contribution < -0.4 is 14.8 Å². The molecule has 2 rings (SSSR count). The van der Waals surface area contributed by atoms with Gasteiger partial charge in [-0.15, -0.1) is 0 Å². The van der Waals surface area contributed by atoms with Crippen LogP contribution in [0.2, 0.25) is 0 Å². The Labute approximate surface area is 155 Å². The first-order valence-corrected chi connectivity index (χ1v) is 8.80. The molecule has 0 radical (unpaired) electrons. The fourth-order valence-electron chi connectivity index (χ4n) is 2.68. The average molecular weight is 357 g/mol. The predicted octanol–water partition coefficient (Wildman–Crippen LogP) is 2.92. The zero-order valence-corrected chi connectivity index (χ0v) is 15.7. The molecule has 0 aliphatic heterocycles. The number of rotatable bonds is 9. The molecule has 140 valence electrons. The molecule has 0 spiro atoms. The predicted molar refractivity (Wildman–Crippen MR) is 102 cm³/mol. The number of hydrogen-bond donors (Lipinski definition) is 1. The lowest BCUT2D eigenvalue weighted by molar-refractivity contribution is 0.201. The van der Waals surface area contributed by atoms with Crippen molar-refractivity contribution in [3.8, 4) is 11.5 Å². The van der Waals surface area contributed by atoms with Gasteiger partial charge in [-0.3, -0.25) is 4.98 Å². The molecule has 6 heteroatoms. The van der Waals surface area contributed by atoms with Crippen LogP contribution in [0, 0.1) is 0 Å². The molecule has 0 aliphatic rings. The molecule has 0 saturated carbocycles. The van der Waals surface area contributed by atoms with Crippen molar-refractivity contribution in [2.24, 2.45) is 0 Å². The molecule has 6 nitrogen and oxygen atoms in total. The third kappa shape index (κ3) is 5.65. The van der Waals surface area contributed by atoms with Crippen LogP contribution in [0.15, 0.2) is 42.7 Å². The number of benzene rings is 1. The SMILES string of the molecule is CCN(CCc1ccncc1)C(=O)NCCc1ccc(OC)c(OC)c1. The molecule has 0 fully saturated rings. The summed E-state index contributed by atoms with van der Waals surface area (Å²) in [5.41, 5.74) is 2.26. The van der Waals surface area contributed by atoms with Crippen LogP contribution in [0.3, 0.4) is 0 Å². The first kappa shape index (κ1) is 19.6. The Bertz CT molecular complexity index is 692. The minimum Gasteiger partial charge on any atom is -0.493 e. The summed E-state index contributed by atoms with van der Waals surface area (Å²) in [7, 11) is 3.23. The van der Waals surface area contributed by atoms with E-state index in [9.17, 15) is 4.79 Å². The fourth-order valence-corrected chi connectivity index (χ4v) is 2.68. The smallest absolute Gasteiger partial charge is 0.317 e. The van der Waals surface area contributed by atoms with Crippen LogP contribution in [0.1, 0.15) is 18.1 Å². The highest BCUT2D eigenvalue weighted by molar-refractivity contribution is 5.74. The van der Waals surface area contributed by atoms with Crippen LogP contribution in [0.5, 0.6) is 11.5 Å². The molecule has 1 heterocycles. The van der Waals surface area contributed by atoms with Gasteiger partial charge in [-0.05, 0) is 55.2 Å². The number of methoxy groups -OCH3 is 2. The molecule has 2 amide bonds. The summed E-state index contributed by atoms with van der Waals surface area (Å²) >= 11 is 0. The van der Waals surface area contributed by atoms with Crippen LogP contribution >= 0.6 is 0 Å². The Morgan fingerprint density at radius 1 is 1.04 bits per heavy atom. The Morgan fingerprint density at radius 3 is 2.42 bits per heavy atom. The summed E-state index contributed by atoms with van der Waals surface area (Å²) in [6.07, 6.45) is 5.09. The fraction of sp³-hybridized carbons (Fsp3) is 0.400. The number of nitrogens with zero attached hydrogens (tertiary/aromatic N) is 2. The third-order valence-electron chi connectivity index (χ3n) is 4.23. The number of carbonyl (C=O) groups excluding carboxylic acids is 1. The highest BCUT2D eigenvalue weighted by Crippen LogP contribution is 2.27. The van der Waals surface area contributed by atoms with Gasteiger partial charge < -0.3 is 19.7 Å². The van der Waals surface area contributed by atoms with Gasteiger partial charge in [-0.1, -0.05) is 6.07 Å². The lowest BCUT2D eigenvalue weighted by Crippen LogP contribution is -2.41. The van der Waals surface area contributed by atoms with Crippen LogP contribution in [0.4, 0.5) is 4.79 Å². The number of likely N-dealkylation sites (N-methyl/N-ethyl adjacent to an activating group) is 1. The molecule has 26 heavy (non-hydrogen) atoms. The summed E-state index contributed by atoms with van der Waals surface area (Å²) in [6, 6.07) is 9.71. The van der Waals surface area contributed by atoms with E-state index < -0.39 is 0 Å². The zero-order valence-electron chi connectivity index (χ0n) is 15.7. The van der Waals surface area contributed by atoms with Gasteiger partial charge in [-0.2, -0.15) is 0 Å². The Balaban J connectivity index is 1.81. The quantitative estimate of drug-likeness (QED) is 0.749. The number of hydrogen-bond acceptors (Lipinski definition) is 4. The van der Waals surface area contributed by atoms with Crippen LogP contribution in [-0.2, 0) is 12.8 Å². The van der Waals surface area contributed by atoms with E-state index in [1.165, 1.54) is 5.56 Å². The molecule has 0 saturated heterocycles. The average Bonchev–Trinajstić information content (AvgIpc) is 2.69. The highest BCUT2D eigenvalue weighted by Gasteiger charge is 2.11. The van der Waals surface area contributed by atoms with Crippen molar-refractivity contribution >= 4 is 6.03 Å². The molecule has 2 aromatic rings. The number of amides is 2.